The summed E-state index contributed by atoms with van der Waals surface area (Å²) in [5.74, 6) is -1.04. The Morgan fingerprint density at radius 2 is 2.29 bits per heavy atom. The zero-order valence-electron chi connectivity index (χ0n) is 7.04. The molecule has 0 amide bonds. The van der Waals surface area contributed by atoms with Gasteiger partial charge in [-0.3, -0.25) is 9.20 Å². The molecule has 5 heteroatoms. The highest BCUT2D eigenvalue weighted by Gasteiger charge is 2.14. The molecule has 2 rings (SSSR count). The van der Waals surface area contributed by atoms with Crippen molar-refractivity contribution in [3.8, 4) is 0 Å². The average Bonchev–Trinajstić information content (AvgIpc) is 2.56. The van der Waals surface area contributed by atoms with Crippen LogP contribution in [0.4, 0.5) is 0 Å². The van der Waals surface area contributed by atoms with Gasteiger partial charge in [-0.25, -0.2) is 9.78 Å². The molecule has 0 spiro atoms. The molecule has 0 aliphatic heterocycles. The van der Waals surface area contributed by atoms with Crippen molar-refractivity contribution in [2.45, 2.75) is 0 Å². The van der Waals surface area contributed by atoms with Crippen molar-refractivity contribution < 1.29 is 14.7 Å². The van der Waals surface area contributed by atoms with E-state index in [9.17, 15) is 9.59 Å². The molecule has 0 aliphatic carbocycles. The van der Waals surface area contributed by atoms with Crippen molar-refractivity contribution in [2.24, 2.45) is 0 Å². The molecule has 14 heavy (non-hydrogen) atoms. The molecule has 0 bridgehead atoms. The van der Waals surface area contributed by atoms with Crippen molar-refractivity contribution >= 4 is 17.8 Å². The molecule has 0 radical (unpaired) electrons. The Morgan fingerprint density at radius 1 is 1.50 bits per heavy atom. The van der Waals surface area contributed by atoms with Crippen molar-refractivity contribution in [3.05, 3.63) is 35.9 Å². The van der Waals surface area contributed by atoms with Gasteiger partial charge in [0.05, 0.1) is 5.52 Å². The van der Waals surface area contributed by atoms with Crippen LogP contribution in [-0.2, 0) is 0 Å². The number of hydrogen-bond donors (Lipinski definition) is 1. The molecule has 2 aromatic rings. The van der Waals surface area contributed by atoms with Crippen molar-refractivity contribution in [2.75, 3.05) is 0 Å². The lowest BCUT2D eigenvalue weighted by molar-refractivity contribution is 0.0693. The highest BCUT2D eigenvalue weighted by atomic mass is 16.4. The number of fused-ring (bicyclic) bond motifs is 1. The smallest absolute Gasteiger partial charge is 0.356 e. The quantitative estimate of drug-likeness (QED) is 0.712. The van der Waals surface area contributed by atoms with Gasteiger partial charge < -0.3 is 5.11 Å². The van der Waals surface area contributed by atoms with E-state index in [0.717, 1.165) is 0 Å². The molecule has 1 N–H and O–H groups in total. The second kappa shape index (κ2) is 2.95. The van der Waals surface area contributed by atoms with E-state index < -0.39 is 5.97 Å². The number of aromatic carboxylic acids is 1. The van der Waals surface area contributed by atoms with E-state index in [2.05, 4.69) is 4.98 Å². The first-order valence-corrected chi connectivity index (χ1v) is 3.89. The third kappa shape index (κ3) is 1.06. The van der Waals surface area contributed by atoms with Crippen LogP contribution in [0.1, 0.15) is 21.1 Å². The fourth-order valence-corrected chi connectivity index (χ4v) is 1.30. The molecule has 2 aromatic heterocycles. The van der Waals surface area contributed by atoms with E-state index in [4.69, 9.17) is 5.11 Å². The van der Waals surface area contributed by atoms with Crippen LogP contribution in [0.3, 0.4) is 0 Å². The SMILES string of the molecule is O=Cc1nc(C(=O)O)c2ccccn12. The maximum absolute atomic E-state index is 10.8. The number of pyridine rings is 1. The number of carboxylic acids is 1. The van der Waals surface area contributed by atoms with Gasteiger partial charge >= 0.3 is 5.97 Å². The highest BCUT2D eigenvalue weighted by Crippen LogP contribution is 2.11. The monoisotopic (exact) mass is 190 g/mol. The summed E-state index contributed by atoms with van der Waals surface area (Å²) in [5, 5.41) is 8.80. The van der Waals surface area contributed by atoms with E-state index in [1.54, 1.807) is 24.4 Å². The van der Waals surface area contributed by atoms with E-state index >= 15 is 0 Å². The van der Waals surface area contributed by atoms with Gasteiger partial charge in [-0.15, -0.1) is 0 Å². The summed E-state index contributed by atoms with van der Waals surface area (Å²) in [4.78, 5) is 25.0. The molecule has 0 aliphatic rings. The van der Waals surface area contributed by atoms with Crippen LogP contribution in [0.15, 0.2) is 24.4 Å². The number of carbonyl (C=O) groups is 2. The van der Waals surface area contributed by atoms with Gasteiger partial charge in [0.15, 0.2) is 17.8 Å². The fourth-order valence-electron chi connectivity index (χ4n) is 1.30. The molecular formula is C9H6N2O3. The third-order valence-electron chi connectivity index (χ3n) is 1.88. The van der Waals surface area contributed by atoms with Gasteiger partial charge in [-0.1, -0.05) is 6.07 Å². The average molecular weight is 190 g/mol. The molecule has 2 heterocycles. The summed E-state index contributed by atoms with van der Waals surface area (Å²) in [7, 11) is 0. The van der Waals surface area contributed by atoms with Crippen LogP contribution < -0.4 is 0 Å². The third-order valence-corrected chi connectivity index (χ3v) is 1.88. The molecule has 0 saturated heterocycles. The number of carboxylic acid groups (broad SMARTS) is 1. The highest BCUT2D eigenvalue weighted by molar-refractivity contribution is 5.95. The van der Waals surface area contributed by atoms with Gasteiger partial charge in [0.2, 0.25) is 0 Å². The van der Waals surface area contributed by atoms with Crippen molar-refractivity contribution in [3.63, 3.8) is 0 Å². The van der Waals surface area contributed by atoms with E-state index in [-0.39, 0.29) is 11.5 Å². The standard InChI is InChI=1S/C9H6N2O3/c12-5-7-10-8(9(13)14)6-3-1-2-4-11(6)7/h1-5H,(H,13,14). The molecule has 5 nitrogen and oxygen atoms in total. The second-order valence-electron chi connectivity index (χ2n) is 2.70. The fraction of sp³-hybridized carbons (Fsp3) is 0. The van der Waals surface area contributed by atoms with Crippen LogP contribution in [0, 0.1) is 0 Å². The molecule has 0 aromatic carbocycles. The van der Waals surface area contributed by atoms with Crippen LogP contribution in [0.5, 0.6) is 0 Å². The molecule has 0 saturated carbocycles. The van der Waals surface area contributed by atoms with Gasteiger partial charge in [-0.2, -0.15) is 0 Å². The first-order valence-electron chi connectivity index (χ1n) is 3.89. The minimum absolute atomic E-state index is 0.0954. The van der Waals surface area contributed by atoms with E-state index in [0.29, 0.717) is 11.8 Å². The topological polar surface area (TPSA) is 71.7 Å². The predicted molar refractivity (Wildman–Crippen MR) is 47.5 cm³/mol. The van der Waals surface area contributed by atoms with Crippen LogP contribution in [0.2, 0.25) is 0 Å². The number of hydrogen-bond acceptors (Lipinski definition) is 3. The minimum Gasteiger partial charge on any atom is -0.476 e. The summed E-state index contributed by atoms with van der Waals surface area (Å²) < 4.78 is 1.44. The molecule has 0 fully saturated rings. The number of aldehydes is 1. The molecule has 0 unspecified atom stereocenters. The number of nitrogens with zero attached hydrogens (tertiary/aromatic N) is 2. The summed E-state index contributed by atoms with van der Waals surface area (Å²) in [5.41, 5.74) is 0.315. The van der Waals surface area contributed by atoms with Gasteiger partial charge in [-0.05, 0) is 12.1 Å². The Bertz CT molecular complexity index is 516. The van der Waals surface area contributed by atoms with E-state index in [1.807, 2.05) is 0 Å². The zero-order chi connectivity index (χ0) is 10.1. The number of carbonyl (C=O) groups excluding carboxylic acids is 1. The van der Waals surface area contributed by atoms with Crippen LogP contribution in [-0.4, -0.2) is 26.7 Å². The Hall–Kier alpha value is -2.17. The number of rotatable bonds is 2. The first kappa shape index (κ1) is 8.43. The van der Waals surface area contributed by atoms with Crippen molar-refractivity contribution in [1.29, 1.82) is 0 Å². The molecule has 0 atom stereocenters. The summed E-state index contributed by atoms with van der Waals surface area (Å²) in [6.07, 6.45) is 2.12. The van der Waals surface area contributed by atoms with Crippen LogP contribution >= 0.6 is 0 Å². The Labute approximate surface area is 78.6 Å². The summed E-state index contributed by atoms with van der Waals surface area (Å²) >= 11 is 0. The minimum atomic E-state index is -1.14. The lowest BCUT2D eigenvalue weighted by atomic mass is 10.3. The maximum Gasteiger partial charge on any atom is 0.356 e. The van der Waals surface area contributed by atoms with Gasteiger partial charge in [0.25, 0.3) is 0 Å². The lowest BCUT2D eigenvalue weighted by Gasteiger charge is -1.92. The Balaban J connectivity index is 2.86. The predicted octanol–water partition coefficient (Wildman–Crippen LogP) is 0.845. The number of imidazole rings is 1. The van der Waals surface area contributed by atoms with Crippen LogP contribution in [0.25, 0.3) is 5.52 Å². The lowest BCUT2D eigenvalue weighted by Crippen LogP contribution is -1.97. The zero-order valence-corrected chi connectivity index (χ0v) is 7.04. The Morgan fingerprint density at radius 3 is 2.93 bits per heavy atom. The Kier molecular flexibility index (Phi) is 1.78. The second-order valence-corrected chi connectivity index (χ2v) is 2.70. The molecule has 70 valence electrons. The van der Waals surface area contributed by atoms with Crippen molar-refractivity contribution in [1.82, 2.24) is 9.38 Å². The van der Waals surface area contributed by atoms with E-state index in [1.165, 1.54) is 4.40 Å². The summed E-state index contributed by atoms with van der Waals surface area (Å²) in [6, 6.07) is 4.99. The number of aromatic nitrogens is 2. The molecular weight excluding hydrogens is 184 g/mol. The largest absolute Gasteiger partial charge is 0.476 e. The van der Waals surface area contributed by atoms with Gasteiger partial charge in [0, 0.05) is 6.20 Å². The normalized spacial score (nSPS) is 10.3. The summed E-state index contributed by atoms with van der Waals surface area (Å²) in [6.45, 7) is 0. The first-order chi connectivity index (χ1) is 6.74. The van der Waals surface area contributed by atoms with Gasteiger partial charge in [0.1, 0.15) is 0 Å². The maximum atomic E-state index is 10.8.